The lowest BCUT2D eigenvalue weighted by Gasteiger charge is -2.20. The van der Waals surface area contributed by atoms with Crippen molar-refractivity contribution in [3.05, 3.63) is 0 Å². The minimum atomic E-state index is 0.714. The van der Waals surface area contributed by atoms with Crippen LogP contribution in [-0.2, 0) is 0 Å². The van der Waals surface area contributed by atoms with Crippen LogP contribution in [-0.4, -0.2) is 49.1 Å². The Morgan fingerprint density at radius 1 is 1.62 bits per heavy atom. The number of thioether (sulfide) groups is 1. The van der Waals surface area contributed by atoms with E-state index in [0.717, 1.165) is 6.04 Å². The van der Waals surface area contributed by atoms with E-state index in [9.17, 15) is 0 Å². The summed E-state index contributed by atoms with van der Waals surface area (Å²) in [7, 11) is 2.21. The summed E-state index contributed by atoms with van der Waals surface area (Å²) in [6, 6.07) is 1.45. The average Bonchev–Trinajstić information content (AvgIpc) is 2.50. The molecule has 0 saturated carbocycles. The molecule has 1 aliphatic rings. The van der Waals surface area contributed by atoms with Gasteiger partial charge in [-0.1, -0.05) is 6.92 Å². The average molecular weight is 202 g/mol. The fraction of sp³-hybridized carbons (Fsp3) is 1.00. The van der Waals surface area contributed by atoms with Crippen LogP contribution in [0.4, 0.5) is 0 Å². The SMILES string of the molecule is CCC(CSC)NC1CCN(C)C1. The highest BCUT2D eigenvalue weighted by molar-refractivity contribution is 7.98. The molecule has 2 unspecified atom stereocenters. The van der Waals surface area contributed by atoms with E-state index in [2.05, 4.69) is 30.4 Å². The second-order valence-corrected chi connectivity index (χ2v) is 4.89. The molecular weight excluding hydrogens is 180 g/mol. The van der Waals surface area contributed by atoms with Crippen LogP contribution in [0.15, 0.2) is 0 Å². The molecule has 3 heteroatoms. The minimum Gasteiger partial charge on any atom is -0.309 e. The number of likely N-dealkylation sites (N-methyl/N-ethyl adjacent to an activating group) is 1. The second-order valence-electron chi connectivity index (χ2n) is 3.98. The van der Waals surface area contributed by atoms with Gasteiger partial charge in [-0.25, -0.2) is 0 Å². The molecule has 0 aromatic heterocycles. The first-order valence-electron chi connectivity index (χ1n) is 5.19. The summed E-state index contributed by atoms with van der Waals surface area (Å²) in [4.78, 5) is 2.41. The van der Waals surface area contributed by atoms with Crippen molar-refractivity contribution in [3.63, 3.8) is 0 Å². The predicted octanol–water partition coefficient (Wildman–Crippen LogP) is 1.42. The molecule has 1 fully saturated rings. The highest BCUT2D eigenvalue weighted by Gasteiger charge is 2.21. The minimum absolute atomic E-state index is 0.714. The van der Waals surface area contributed by atoms with Crippen LogP contribution in [0.25, 0.3) is 0 Å². The van der Waals surface area contributed by atoms with Crippen molar-refractivity contribution in [1.82, 2.24) is 10.2 Å². The molecule has 1 saturated heterocycles. The van der Waals surface area contributed by atoms with E-state index in [-0.39, 0.29) is 0 Å². The summed E-state index contributed by atoms with van der Waals surface area (Å²) in [5.74, 6) is 1.25. The predicted molar refractivity (Wildman–Crippen MR) is 61.5 cm³/mol. The number of rotatable bonds is 5. The first-order valence-corrected chi connectivity index (χ1v) is 6.59. The van der Waals surface area contributed by atoms with Crippen molar-refractivity contribution >= 4 is 11.8 Å². The summed E-state index contributed by atoms with van der Waals surface area (Å²) in [6.07, 6.45) is 4.76. The molecule has 1 N–H and O–H groups in total. The summed E-state index contributed by atoms with van der Waals surface area (Å²) in [5, 5.41) is 3.73. The third-order valence-corrected chi connectivity index (χ3v) is 3.46. The largest absolute Gasteiger partial charge is 0.309 e. The zero-order valence-electron chi connectivity index (χ0n) is 9.05. The maximum Gasteiger partial charge on any atom is 0.0209 e. The van der Waals surface area contributed by atoms with Gasteiger partial charge in [0.2, 0.25) is 0 Å². The molecule has 13 heavy (non-hydrogen) atoms. The molecule has 0 bridgehead atoms. The highest BCUT2D eigenvalue weighted by Crippen LogP contribution is 2.09. The van der Waals surface area contributed by atoms with E-state index < -0.39 is 0 Å². The van der Waals surface area contributed by atoms with E-state index in [1.165, 1.54) is 31.7 Å². The monoisotopic (exact) mass is 202 g/mol. The molecule has 1 rings (SSSR count). The molecule has 1 heterocycles. The summed E-state index contributed by atoms with van der Waals surface area (Å²) < 4.78 is 0. The van der Waals surface area contributed by atoms with E-state index in [1.807, 2.05) is 11.8 Å². The molecule has 1 aliphatic heterocycles. The molecule has 0 aromatic rings. The van der Waals surface area contributed by atoms with E-state index in [0.29, 0.717) is 6.04 Å². The number of hydrogen-bond donors (Lipinski definition) is 1. The van der Waals surface area contributed by atoms with Crippen molar-refractivity contribution in [3.8, 4) is 0 Å². The number of nitrogens with zero attached hydrogens (tertiary/aromatic N) is 1. The Morgan fingerprint density at radius 3 is 2.85 bits per heavy atom. The Morgan fingerprint density at radius 2 is 2.38 bits per heavy atom. The molecule has 2 nitrogen and oxygen atoms in total. The topological polar surface area (TPSA) is 15.3 Å². The number of likely N-dealkylation sites (tertiary alicyclic amines) is 1. The van der Waals surface area contributed by atoms with Crippen molar-refractivity contribution < 1.29 is 0 Å². The van der Waals surface area contributed by atoms with Crippen LogP contribution in [0.3, 0.4) is 0 Å². The lowest BCUT2D eigenvalue weighted by Crippen LogP contribution is -2.40. The van der Waals surface area contributed by atoms with Gasteiger partial charge < -0.3 is 10.2 Å². The molecule has 0 radical (unpaired) electrons. The van der Waals surface area contributed by atoms with Crippen LogP contribution in [0.5, 0.6) is 0 Å². The molecule has 2 atom stereocenters. The third-order valence-electron chi connectivity index (χ3n) is 2.72. The Bertz CT molecular complexity index is 139. The quantitative estimate of drug-likeness (QED) is 0.726. The standard InChI is InChI=1S/C10H22N2S/c1-4-9(8-13-3)11-10-5-6-12(2)7-10/h9-11H,4-8H2,1-3H3. The Hall–Kier alpha value is 0.270. The smallest absolute Gasteiger partial charge is 0.0209 e. The van der Waals surface area contributed by atoms with Gasteiger partial charge in [0.25, 0.3) is 0 Å². The van der Waals surface area contributed by atoms with Crippen LogP contribution in [0, 0.1) is 0 Å². The van der Waals surface area contributed by atoms with Gasteiger partial charge in [-0.3, -0.25) is 0 Å². The van der Waals surface area contributed by atoms with Gasteiger partial charge in [-0.2, -0.15) is 11.8 Å². The molecule has 0 amide bonds. The Balaban J connectivity index is 2.21. The van der Waals surface area contributed by atoms with Gasteiger partial charge >= 0.3 is 0 Å². The van der Waals surface area contributed by atoms with Crippen molar-refractivity contribution in [2.45, 2.75) is 31.8 Å². The molecule has 0 aromatic carbocycles. The van der Waals surface area contributed by atoms with E-state index >= 15 is 0 Å². The van der Waals surface area contributed by atoms with Crippen LogP contribution >= 0.6 is 11.8 Å². The molecular formula is C10H22N2S. The number of nitrogens with one attached hydrogen (secondary N) is 1. The number of hydrogen-bond acceptors (Lipinski definition) is 3. The van der Waals surface area contributed by atoms with Gasteiger partial charge in [0, 0.05) is 24.4 Å². The summed E-state index contributed by atoms with van der Waals surface area (Å²) >= 11 is 1.94. The zero-order valence-corrected chi connectivity index (χ0v) is 9.86. The van der Waals surface area contributed by atoms with Crippen LogP contribution in [0.2, 0.25) is 0 Å². The lowest BCUT2D eigenvalue weighted by atomic mass is 10.2. The summed E-state index contributed by atoms with van der Waals surface area (Å²) in [6.45, 7) is 4.75. The van der Waals surface area contributed by atoms with Crippen molar-refractivity contribution in [2.75, 3.05) is 32.1 Å². The van der Waals surface area contributed by atoms with Gasteiger partial charge in [-0.05, 0) is 32.7 Å². The van der Waals surface area contributed by atoms with Gasteiger partial charge in [-0.15, -0.1) is 0 Å². The zero-order chi connectivity index (χ0) is 9.68. The third kappa shape index (κ3) is 3.88. The van der Waals surface area contributed by atoms with Crippen molar-refractivity contribution in [1.29, 1.82) is 0 Å². The Labute approximate surface area is 86.5 Å². The molecule has 78 valence electrons. The van der Waals surface area contributed by atoms with E-state index in [1.54, 1.807) is 0 Å². The first-order chi connectivity index (χ1) is 6.26. The van der Waals surface area contributed by atoms with Gasteiger partial charge in [0.15, 0.2) is 0 Å². The lowest BCUT2D eigenvalue weighted by molar-refractivity contribution is 0.384. The van der Waals surface area contributed by atoms with Crippen LogP contribution in [0.1, 0.15) is 19.8 Å². The van der Waals surface area contributed by atoms with E-state index in [4.69, 9.17) is 0 Å². The first kappa shape index (κ1) is 11.3. The maximum atomic E-state index is 3.73. The maximum absolute atomic E-state index is 3.73. The van der Waals surface area contributed by atoms with Gasteiger partial charge in [0.1, 0.15) is 0 Å². The molecule has 0 aliphatic carbocycles. The van der Waals surface area contributed by atoms with Gasteiger partial charge in [0.05, 0.1) is 0 Å². The van der Waals surface area contributed by atoms with Crippen molar-refractivity contribution in [2.24, 2.45) is 0 Å². The Kier molecular flexibility index (Phi) is 5.14. The van der Waals surface area contributed by atoms with Crippen LogP contribution < -0.4 is 5.32 Å². The second kappa shape index (κ2) is 5.89. The fourth-order valence-corrected chi connectivity index (χ4v) is 2.62. The summed E-state index contributed by atoms with van der Waals surface area (Å²) in [5.41, 5.74) is 0. The highest BCUT2D eigenvalue weighted by atomic mass is 32.2. The fourth-order valence-electron chi connectivity index (χ4n) is 1.89. The molecule has 0 spiro atoms. The normalized spacial score (nSPS) is 26.5.